The fourth-order valence-corrected chi connectivity index (χ4v) is 4.72. The van der Waals surface area contributed by atoms with E-state index in [1.54, 1.807) is 30.3 Å². The molecule has 0 unspecified atom stereocenters. The summed E-state index contributed by atoms with van der Waals surface area (Å²) in [6.07, 6.45) is 0. The van der Waals surface area contributed by atoms with Gasteiger partial charge in [-0.15, -0.1) is 11.3 Å². The molecule has 1 saturated heterocycles. The van der Waals surface area contributed by atoms with Gasteiger partial charge in [0.25, 0.3) is 0 Å². The average molecular weight is 395 g/mol. The minimum Gasteiger partial charge on any atom is -0.379 e. The van der Waals surface area contributed by atoms with E-state index in [1.807, 2.05) is 26.0 Å². The van der Waals surface area contributed by atoms with Gasteiger partial charge in [-0.05, 0) is 44.2 Å². The topological polar surface area (TPSA) is 63.7 Å². The van der Waals surface area contributed by atoms with Crippen LogP contribution >= 0.6 is 11.3 Å². The summed E-state index contributed by atoms with van der Waals surface area (Å²) in [7, 11) is 0. The van der Waals surface area contributed by atoms with Crippen LogP contribution in [-0.2, 0) is 4.74 Å². The molecule has 0 N–H and O–H groups in total. The smallest absolute Gasteiger partial charge is 0.235 e. The van der Waals surface area contributed by atoms with Crippen LogP contribution in [0.5, 0.6) is 0 Å². The molecular weight excluding hydrogens is 374 g/mol. The van der Waals surface area contributed by atoms with Crippen LogP contribution in [0.25, 0.3) is 20.2 Å². The first-order valence-corrected chi connectivity index (χ1v) is 10.1. The van der Waals surface area contributed by atoms with E-state index >= 15 is 0 Å². The summed E-state index contributed by atoms with van der Waals surface area (Å²) in [5.41, 5.74) is -1.36. The fourth-order valence-electron chi connectivity index (χ4n) is 3.66. The summed E-state index contributed by atoms with van der Waals surface area (Å²) in [6, 6.07) is 12.2. The number of hydrogen-bond acceptors (Lipinski definition) is 6. The Morgan fingerprint density at radius 1 is 0.964 bits per heavy atom. The summed E-state index contributed by atoms with van der Waals surface area (Å²) in [5.74, 6) is -0.0655. The Balaban J connectivity index is 1.87. The SMILES string of the molecule is CC(C)(C(=O)c1ccc2sc3ccccc3c(=O)c(=O)c2c1)N1CCOCC1. The molecule has 28 heavy (non-hydrogen) atoms. The van der Waals surface area contributed by atoms with Crippen molar-refractivity contribution in [1.82, 2.24) is 4.90 Å². The second-order valence-corrected chi connectivity index (χ2v) is 8.54. The van der Waals surface area contributed by atoms with Gasteiger partial charge < -0.3 is 4.74 Å². The maximum Gasteiger partial charge on any atom is 0.235 e. The van der Waals surface area contributed by atoms with Crippen molar-refractivity contribution in [1.29, 1.82) is 0 Å². The predicted octanol–water partition coefficient (Wildman–Crippen LogP) is 3.07. The molecule has 3 aromatic rings. The molecule has 0 spiro atoms. The molecular formula is C22H21NO4S. The predicted molar refractivity (Wildman–Crippen MR) is 113 cm³/mol. The van der Waals surface area contributed by atoms with Crippen LogP contribution in [0.1, 0.15) is 24.2 Å². The van der Waals surface area contributed by atoms with Crippen molar-refractivity contribution in [3.05, 3.63) is 68.5 Å². The number of Topliss-reactive ketones (excluding diaryl/α,β-unsaturated/α-hetero) is 1. The molecule has 0 amide bonds. The van der Waals surface area contributed by atoms with Crippen LogP contribution in [0.3, 0.4) is 0 Å². The third-order valence-electron chi connectivity index (χ3n) is 5.40. The van der Waals surface area contributed by atoms with Gasteiger partial charge in [0.1, 0.15) is 0 Å². The molecule has 1 fully saturated rings. The van der Waals surface area contributed by atoms with Gasteiger partial charge in [0.15, 0.2) is 5.78 Å². The highest BCUT2D eigenvalue weighted by Gasteiger charge is 2.36. The molecule has 0 radical (unpaired) electrons. The lowest BCUT2D eigenvalue weighted by Gasteiger charge is -2.39. The highest BCUT2D eigenvalue weighted by molar-refractivity contribution is 7.24. The third kappa shape index (κ3) is 3.17. The van der Waals surface area contributed by atoms with Gasteiger partial charge in [-0.25, -0.2) is 0 Å². The Morgan fingerprint density at radius 2 is 1.61 bits per heavy atom. The van der Waals surface area contributed by atoms with Crippen molar-refractivity contribution >= 4 is 37.3 Å². The molecule has 0 saturated carbocycles. The molecule has 1 aliphatic rings. The normalized spacial score (nSPS) is 15.8. The third-order valence-corrected chi connectivity index (χ3v) is 6.55. The Hall–Kier alpha value is -2.41. The zero-order valence-electron chi connectivity index (χ0n) is 15.9. The number of carbonyl (C=O) groups is 1. The number of benzene rings is 2. The van der Waals surface area contributed by atoms with E-state index in [0.29, 0.717) is 47.3 Å². The number of nitrogens with zero attached hydrogens (tertiary/aromatic N) is 1. The first-order chi connectivity index (χ1) is 13.4. The summed E-state index contributed by atoms with van der Waals surface area (Å²) in [6.45, 7) is 6.36. The van der Waals surface area contributed by atoms with Crippen LogP contribution in [0.4, 0.5) is 0 Å². The van der Waals surface area contributed by atoms with Crippen molar-refractivity contribution in [2.24, 2.45) is 0 Å². The number of hydrogen-bond donors (Lipinski definition) is 0. The lowest BCUT2D eigenvalue weighted by atomic mass is 9.90. The largest absolute Gasteiger partial charge is 0.379 e. The summed E-state index contributed by atoms with van der Waals surface area (Å²) in [4.78, 5) is 40.8. The number of carbonyl (C=O) groups excluding carboxylic acids is 1. The van der Waals surface area contributed by atoms with Gasteiger partial charge in [0, 0.05) is 38.8 Å². The second kappa shape index (κ2) is 7.20. The first-order valence-electron chi connectivity index (χ1n) is 9.27. The van der Waals surface area contributed by atoms with Gasteiger partial charge >= 0.3 is 0 Å². The molecule has 144 valence electrons. The maximum absolute atomic E-state index is 13.3. The van der Waals surface area contributed by atoms with E-state index in [0.717, 1.165) is 4.70 Å². The zero-order chi connectivity index (χ0) is 19.9. The lowest BCUT2D eigenvalue weighted by Crippen LogP contribution is -2.54. The maximum atomic E-state index is 13.3. The number of morpholine rings is 1. The molecule has 1 aliphatic heterocycles. The Morgan fingerprint density at radius 3 is 2.36 bits per heavy atom. The van der Waals surface area contributed by atoms with Crippen LogP contribution in [0, 0.1) is 0 Å². The van der Waals surface area contributed by atoms with Gasteiger partial charge in [0.2, 0.25) is 10.9 Å². The first kappa shape index (κ1) is 18.9. The van der Waals surface area contributed by atoms with Crippen molar-refractivity contribution in [3.63, 3.8) is 0 Å². The number of fused-ring (bicyclic) bond motifs is 2. The number of rotatable bonds is 3. The zero-order valence-corrected chi connectivity index (χ0v) is 16.7. The molecule has 6 heteroatoms. The standard InChI is InChI=1S/C22H21NO4S/c1-22(2,23-9-11-27-12-10-23)21(26)14-7-8-18-16(13-14)20(25)19(24)15-5-3-4-6-17(15)28-18/h3-8,13H,9-12H2,1-2H3. The van der Waals surface area contributed by atoms with Crippen LogP contribution in [0.15, 0.2) is 52.1 Å². The van der Waals surface area contributed by atoms with Crippen molar-refractivity contribution in [2.75, 3.05) is 26.3 Å². The van der Waals surface area contributed by atoms with Crippen molar-refractivity contribution < 1.29 is 9.53 Å². The second-order valence-electron chi connectivity index (χ2n) is 7.45. The molecule has 1 aromatic heterocycles. The van der Waals surface area contributed by atoms with E-state index in [2.05, 4.69) is 4.90 Å². The molecule has 0 atom stereocenters. The Kier molecular flexibility index (Phi) is 4.87. The molecule has 5 nitrogen and oxygen atoms in total. The van der Waals surface area contributed by atoms with Crippen LogP contribution in [-0.4, -0.2) is 42.5 Å². The van der Waals surface area contributed by atoms with Crippen LogP contribution in [0.2, 0.25) is 0 Å². The minimum atomic E-state index is -0.716. The van der Waals surface area contributed by atoms with Crippen molar-refractivity contribution in [3.8, 4) is 0 Å². The Labute approximate surface area is 166 Å². The summed E-state index contributed by atoms with van der Waals surface area (Å²) < 4.78 is 6.84. The van der Waals surface area contributed by atoms with E-state index in [-0.39, 0.29) is 5.78 Å². The molecule has 2 aromatic carbocycles. The van der Waals surface area contributed by atoms with Gasteiger partial charge in [0.05, 0.1) is 18.8 Å². The quantitative estimate of drug-likeness (QED) is 0.504. The summed E-state index contributed by atoms with van der Waals surface area (Å²) in [5, 5.41) is 0.713. The lowest BCUT2D eigenvalue weighted by molar-refractivity contribution is -0.00429. The fraction of sp³-hybridized carbons (Fsp3) is 0.318. The Bertz CT molecular complexity index is 1190. The van der Waals surface area contributed by atoms with E-state index < -0.39 is 16.4 Å². The molecule has 2 heterocycles. The molecule has 4 rings (SSSR count). The van der Waals surface area contributed by atoms with Crippen molar-refractivity contribution in [2.45, 2.75) is 19.4 Å². The van der Waals surface area contributed by atoms with Gasteiger partial charge in [-0.1, -0.05) is 12.1 Å². The number of ether oxygens (including phenoxy) is 1. The highest BCUT2D eigenvalue weighted by Crippen LogP contribution is 2.26. The minimum absolute atomic E-state index is 0.0655. The van der Waals surface area contributed by atoms with E-state index in [4.69, 9.17) is 4.74 Å². The van der Waals surface area contributed by atoms with Gasteiger partial charge in [-0.3, -0.25) is 19.3 Å². The van der Waals surface area contributed by atoms with Gasteiger partial charge in [-0.2, -0.15) is 0 Å². The van der Waals surface area contributed by atoms with E-state index in [1.165, 1.54) is 11.3 Å². The highest BCUT2D eigenvalue weighted by atomic mass is 32.1. The van der Waals surface area contributed by atoms with Crippen LogP contribution < -0.4 is 10.9 Å². The average Bonchev–Trinajstić information content (AvgIpc) is 2.83. The molecule has 0 bridgehead atoms. The monoisotopic (exact) mass is 395 g/mol. The van der Waals surface area contributed by atoms with E-state index in [9.17, 15) is 14.4 Å². The summed E-state index contributed by atoms with van der Waals surface area (Å²) >= 11 is 1.39. The molecule has 0 aliphatic carbocycles. The number of ketones is 1.